The fourth-order valence-electron chi connectivity index (χ4n) is 2.75. The van der Waals surface area contributed by atoms with Crippen molar-refractivity contribution in [2.75, 3.05) is 5.32 Å². The predicted molar refractivity (Wildman–Crippen MR) is 90.6 cm³/mol. The summed E-state index contributed by atoms with van der Waals surface area (Å²) in [6.07, 6.45) is -4.66. The molecule has 1 N–H and O–H groups in total. The highest BCUT2D eigenvalue weighted by Crippen LogP contribution is 2.38. The van der Waals surface area contributed by atoms with Gasteiger partial charge < -0.3 is 9.88 Å². The molecule has 134 valence electrons. The lowest BCUT2D eigenvalue weighted by Gasteiger charge is -2.16. The third-order valence-electron chi connectivity index (χ3n) is 3.95. The quantitative estimate of drug-likeness (QED) is 0.559. The Morgan fingerprint density at radius 1 is 1.08 bits per heavy atom. The molecule has 0 saturated heterocycles. The Bertz CT molecular complexity index is 1070. The number of alkyl halides is 3. The smallest absolute Gasteiger partial charge is 0.349 e. The van der Waals surface area contributed by atoms with E-state index in [1.165, 1.54) is 25.2 Å². The summed E-state index contributed by atoms with van der Waals surface area (Å²) in [6.45, 7) is 0. The van der Waals surface area contributed by atoms with E-state index in [-0.39, 0.29) is 16.8 Å². The number of halogens is 3. The van der Waals surface area contributed by atoms with Crippen molar-refractivity contribution in [3.05, 3.63) is 74.6 Å². The van der Waals surface area contributed by atoms with Crippen LogP contribution in [0.4, 0.5) is 30.2 Å². The average molecular weight is 363 g/mol. The summed E-state index contributed by atoms with van der Waals surface area (Å²) in [5.74, 6) is 0. The standard InChI is InChI=1S/C17H12F3N3O3/c1-22-13-9-5-2-6-10(13)14(15(16(22)24)23(25)26)21-12-8-4-3-7-11(12)17(18,19)20/h2-9,21H,1H3. The van der Waals surface area contributed by atoms with Crippen molar-refractivity contribution in [1.82, 2.24) is 4.57 Å². The normalized spacial score (nSPS) is 11.5. The first-order valence-corrected chi connectivity index (χ1v) is 7.41. The molecule has 0 atom stereocenters. The molecule has 0 spiro atoms. The number of para-hydroxylation sites is 2. The second-order valence-corrected chi connectivity index (χ2v) is 5.53. The number of hydrogen-bond donors (Lipinski definition) is 1. The zero-order valence-corrected chi connectivity index (χ0v) is 13.4. The number of nitrogens with one attached hydrogen (secondary N) is 1. The molecule has 0 aliphatic rings. The number of aromatic nitrogens is 1. The molecule has 0 bridgehead atoms. The van der Waals surface area contributed by atoms with Gasteiger partial charge in [-0.05, 0) is 18.2 Å². The zero-order chi connectivity index (χ0) is 19.1. The molecule has 1 heterocycles. The minimum absolute atomic E-state index is 0.262. The molecule has 6 nitrogen and oxygen atoms in total. The van der Waals surface area contributed by atoms with Gasteiger partial charge in [0.05, 0.1) is 21.7 Å². The Balaban J connectivity index is 2.33. The van der Waals surface area contributed by atoms with Crippen molar-refractivity contribution in [1.29, 1.82) is 0 Å². The molecule has 0 unspecified atom stereocenters. The molecule has 0 saturated carbocycles. The number of benzene rings is 2. The molecule has 0 fully saturated rings. The Labute approximate surface area is 144 Å². The largest absolute Gasteiger partial charge is 0.418 e. The Kier molecular flexibility index (Phi) is 4.15. The number of nitro groups is 1. The number of pyridine rings is 1. The van der Waals surface area contributed by atoms with Crippen molar-refractivity contribution in [3.63, 3.8) is 0 Å². The van der Waals surface area contributed by atoms with Crippen molar-refractivity contribution in [3.8, 4) is 0 Å². The maximum atomic E-state index is 13.2. The maximum absolute atomic E-state index is 13.2. The first kappa shape index (κ1) is 17.5. The van der Waals surface area contributed by atoms with Gasteiger partial charge in [-0.1, -0.05) is 30.3 Å². The third-order valence-corrected chi connectivity index (χ3v) is 3.95. The summed E-state index contributed by atoms with van der Waals surface area (Å²) in [4.78, 5) is 22.9. The Morgan fingerprint density at radius 3 is 2.35 bits per heavy atom. The van der Waals surface area contributed by atoms with Crippen LogP contribution in [0.25, 0.3) is 10.9 Å². The summed E-state index contributed by atoms with van der Waals surface area (Å²) in [7, 11) is 1.37. The van der Waals surface area contributed by atoms with Crippen molar-refractivity contribution in [2.45, 2.75) is 6.18 Å². The monoisotopic (exact) mass is 363 g/mol. The molecule has 26 heavy (non-hydrogen) atoms. The van der Waals surface area contributed by atoms with Crippen LogP contribution in [0, 0.1) is 10.1 Å². The molecule has 9 heteroatoms. The van der Waals surface area contributed by atoms with Crippen LogP contribution >= 0.6 is 0 Å². The lowest BCUT2D eigenvalue weighted by Crippen LogP contribution is -2.22. The molecule has 0 amide bonds. The second kappa shape index (κ2) is 6.17. The minimum Gasteiger partial charge on any atom is -0.349 e. The van der Waals surface area contributed by atoms with Gasteiger partial charge in [0.15, 0.2) is 0 Å². The average Bonchev–Trinajstić information content (AvgIpc) is 2.59. The van der Waals surface area contributed by atoms with E-state index in [0.717, 1.165) is 16.7 Å². The minimum atomic E-state index is -4.66. The van der Waals surface area contributed by atoms with Gasteiger partial charge in [-0.15, -0.1) is 0 Å². The van der Waals surface area contributed by atoms with Crippen LogP contribution in [-0.2, 0) is 13.2 Å². The summed E-state index contributed by atoms with van der Waals surface area (Å²) in [5.41, 5.74) is -3.01. The summed E-state index contributed by atoms with van der Waals surface area (Å²) in [6, 6.07) is 10.9. The van der Waals surface area contributed by atoms with Crippen LogP contribution in [0.15, 0.2) is 53.3 Å². The van der Waals surface area contributed by atoms with E-state index >= 15 is 0 Å². The SMILES string of the molecule is Cn1c(=O)c([N+](=O)[O-])c(Nc2ccccc2C(F)(F)F)c2ccccc21. The van der Waals surface area contributed by atoms with Crippen LogP contribution in [-0.4, -0.2) is 9.49 Å². The molecule has 1 aromatic heterocycles. The van der Waals surface area contributed by atoms with Gasteiger partial charge in [-0.2, -0.15) is 13.2 Å². The third kappa shape index (κ3) is 2.87. The topological polar surface area (TPSA) is 77.2 Å². The highest BCUT2D eigenvalue weighted by Gasteiger charge is 2.34. The van der Waals surface area contributed by atoms with E-state index in [4.69, 9.17) is 0 Å². The van der Waals surface area contributed by atoms with Gasteiger partial charge >= 0.3 is 17.4 Å². The number of nitrogens with zero attached hydrogens (tertiary/aromatic N) is 2. The van der Waals surface area contributed by atoms with Gasteiger partial charge in [-0.25, -0.2) is 0 Å². The molecule has 3 aromatic rings. The Morgan fingerprint density at radius 2 is 1.69 bits per heavy atom. The predicted octanol–water partition coefficient (Wildman–Crippen LogP) is 4.21. The second-order valence-electron chi connectivity index (χ2n) is 5.53. The number of anilines is 2. The number of hydrogen-bond acceptors (Lipinski definition) is 4. The summed E-state index contributed by atoms with van der Waals surface area (Å²) < 4.78 is 40.8. The van der Waals surface area contributed by atoms with E-state index in [1.54, 1.807) is 18.2 Å². The van der Waals surface area contributed by atoms with Crippen LogP contribution in [0.1, 0.15) is 5.56 Å². The van der Waals surface area contributed by atoms with Gasteiger partial charge in [-0.3, -0.25) is 14.9 Å². The molecular formula is C17H12F3N3O3. The van der Waals surface area contributed by atoms with Gasteiger partial charge in [0, 0.05) is 12.4 Å². The van der Waals surface area contributed by atoms with E-state index in [9.17, 15) is 28.1 Å². The summed E-state index contributed by atoms with van der Waals surface area (Å²) >= 11 is 0. The lowest BCUT2D eigenvalue weighted by atomic mass is 10.1. The van der Waals surface area contributed by atoms with Crippen molar-refractivity contribution < 1.29 is 18.1 Å². The fraction of sp³-hybridized carbons (Fsp3) is 0.118. The number of aryl methyl sites for hydroxylation is 1. The van der Waals surface area contributed by atoms with E-state index < -0.39 is 27.9 Å². The maximum Gasteiger partial charge on any atom is 0.418 e. The molecule has 0 aliphatic heterocycles. The number of fused-ring (bicyclic) bond motifs is 1. The van der Waals surface area contributed by atoms with E-state index in [1.807, 2.05) is 0 Å². The zero-order valence-electron chi connectivity index (χ0n) is 13.4. The molecular weight excluding hydrogens is 351 g/mol. The van der Waals surface area contributed by atoms with Crippen molar-refractivity contribution >= 4 is 28.0 Å². The molecule has 3 rings (SSSR count). The van der Waals surface area contributed by atoms with Crippen LogP contribution in [0.5, 0.6) is 0 Å². The number of rotatable bonds is 3. The first-order chi connectivity index (χ1) is 12.2. The van der Waals surface area contributed by atoms with E-state index in [0.29, 0.717) is 5.52 Å². The van der Waals surface area contributed by atoms with Crippen LogP contribution in [0.3, 0.4) is 0 Å². The fourth-order valence-corrected chi connectivity index (χ4v) is 2.75. The van der Waals surface area contributed by atoms with Gasteiger partial charge in [0.1, 0.15) is 5.69 Å². The highest BCUT2D eigenvalue weighted by molar-refractivity contribution is 5.98. The molecule has 2 aromatic carbocycles. The molecule has 0 aliphatic carbocycles. The highest BCUT2D eigenvalue weighted by atomic mass is 19.4. The Hall–Kier alpha value is -3.36. The molecule has 0 radical (unpaired) electrons. The van der Waals surface area contributed by atoms with Crippen LogP contribution in [0.2, 0.25) is 0 Å². The lowest BCUT2D eigenvalue weighted by molar-refractivity contribution is -0.385. The van der Waals surface area contributed by atoms with Gasteiger partial charge in [0.2, 0.25) is 0 Å². The summed E-state index contributed by atoms with van der Waals surface area (Å²) in [5, 5.41) is 14.2. The van der Waals surface area contributed by atoms with E-state index in [2.05, 4.69) is 5.32 Å². The first-order valence-electron chi connectivity index (χ1n) is 7.41. The van der Waals surface area contributed by atoms with Gasteiger partial charge in [0.25, 0.3) is 0 Å². The van der Waals surface area contributed by atoms with Crippen molar-refractivity contribution in [2.24, 2.45) is 7.05 Å². The van der Waals surface area contributed by atoms with Crippen LogP contribution < -0.4 is 10.9 Å².